The predicted octanol–water partition coefficient (Wildman–Crippen LogP) is 2.25. The molecule has 0 aromatic carbocycles. The number of rotatable bonds is 3. The molecule has 0 aromatic heterocycles. The molecular formula is C14H18O3. The maximum atomic E-state index is 12.0. The largest absolute Gasteiger partial charge is 0.450 e. The summed E-state index contributed by atoms with van der Waals surface area (Å²) in [4.78, 5) is 23.4. The number of allylic oxidation sites excluding steroid dienone is 1. The second-order valence-electron chi connectivity index (χ2n) is 5.67. The number of hydrogen-bond donors (Lipinski definition) is 0. The van der Waals surface area contributed by atoms with Crippen LogP contribution in [0, 0.1) is 17.8 Å². The lowest BCUT2D eigenvalue weighted by molar-refractivity contribution is -0.169. The number of carbonyl (C=O) groups excluding carboxylic acids is 2. The highest BCUT2D eigenvalue weighted by Gasteiger charge is 2.52. The summed E-state index contributed by atoms with van der Waals surface area (Å²) < 4.78 is 5.61. The van der Waals surface area contributed by atoms with Gasteiger partial charge >= 0.3 is 5.97 Å². The third-order valence-electron chi connectivity index (χ3n) is 4.56. The van der Waals surface area contributed by atoms with Crippen molar-refractivity contribution in [3.63, 3.8) is 0 Å². The number of fused-ring (bicyclic) bond motifs is 2. The lowest BCUT2D eigenvalue weighted by Gasteiger charge is -2.30. The van der Waals surface area contributed by atoms with E-state index in [2.05, 4.69) is 6.08 Å². The predicted molar refractivity (Wildman–Crippen MR) is 62.2 cm³/mol. The van der Waals surface area contributed by atoms with Crippen LogP contribution in [0.5, 0.6) is 0 Å². The van der Waals surface area contributed by atoms with Crippen LogP contribution in [-0.2, 0) is 14.3 Å². The zero-order chi connectivity index (χ0) is 11.9. The van der Waals surface area contributed by atoms with Gasteiger partial charge in [-0.05, 0) is 25.2 Å². The molecule has 3 atom stereocenters. The molecule has 0 heterocycles. The van der Waals surface area contributed by atoms with Crippen molar-refractivity contribution < 1.29 is 14.3 Å². The summed E-state index contributed by atoms with van der Waals surface area (Å²) in [7, 11) is 0. The topological polar surface area (TPSA) is 43.4 Å². The molecular weight excluding hydrogens is 216 g/mol. The Morgan fingerprint density at radius 1 is 1.29 bits per heavy atom. The standard InChI is InChI=1S/C14H18O3/c15-9-14(8-10-5-6-12(14)7-10)17-13(16)11-3-1-2-4-11/h5-6,9-12H,1-4,7-8H2/t10-,12+,14+/m0/s1. The molecule has 3 nitrogen and oxygen atoms in total. The number of carbonyl (C=O) groups is 2. The number of hydrogen-bond acceptors (Lipinski definition) is 3. The van der Waals surface area contributed by atoms with Crippen molar-refractivity contribution in [1.82, 2.24) is 0 Å². The van der Waals surface area contributed by atoms with Crippen LogP contribution < -0.4 is 0 Å². The quantitative estimate of drug-likeness (QED) is 0.427. The minimum atomic E-state index is -0.834. The average Bonchev–Trinajstić information content (AvgIpc) is 3.05. The Bertz CT molecular complexity index is 368. The van der Waals surface area contributed by atoms with Gasteiger partial charge in [-0.3, -0.25) is 9.59 Å². The fourth-order valence-electron chi connectivity index (χ4n) is 3.56. The van der Waals surface area contributed by atoms with Crippen molar-refractivity contribution in [1.29, 1.82) is 0 Å². The van der Waals surface area contributed by atoms with E-state index in [1.165, 1.54) is 0 Å². The van der Waals surface area contributed by atoms with Crippen LogP contribution in [-0.4, -0.2) is 17.9 Å². The lowest BCUT2D eigenvalue weighted by Crippen LogP contribution is -2.42. The Morgan fingerprint density at radius 3 is 2.59 bits per heavy atom. The molecule has 0 unspecified atom stereocenters. The first-order chi connectivity index (χ1) is 8.23. The van der Waals surface area contributed by atoms with E-state index in [1.54, 1.807) is 0 Å². The van der Waals surface area contributed by atoms with E-state index in [-0.39, 0.29) is 17.8 Å². The summed E-state index contributed by atoms with van der Waals surface area (Å²) in [5.41, 5.74) is -0.834. The maximum absolute atomic E-state index is 12.0. The normalized spacial score (nSPS) is 39.8. The van der Waals surface area contributed by atoms with Gasteiger partial charge in [0.05, 0.1) is 5.92 Å². The van der Waals surface area contributed by atoms with Crippen molar-refractivity contribution in [2.75, 3.05) is 0 Å². The third-order valence-corrected chi connectivity index (χ3v) is 4.56. The van der Waals surface area contributed by atoms with Crippen LogP contribution in [0.3, 0.4) is 0 Å². The van der Waals surface area contributed by atoms with Crippen LogP contribution in [0.25, 0.3) is 0 Å². The summed E-state index contributed by atoms with van der Waals surface area (Å²) in [6.07, 6.45) is 10.8. The van der Waals surface area contributed by atoms with Crippen molar-refractivity contribution >= 4 is 12.3 Å². The highest BCUT2D eigenvalue weighted by Crippen LogP contribution is 2.48. The minimum Gasteiger partial charge on any atom is -0.450 e. The molecule has 0 aliphatic heterocycles. The second kappa shape index (κ2) is 3.97. The molecule has 92 valence electrons. The van der Waals surface area contributed by atoms with E-state index < -0.39 is 5.60 Å². The van der Waals surface area contributed by atoms with Gasteiger partial charge in [0.1, 0.15) is 0 Å². The van der Waals surface area contributed by atoms with Crippen LogP contribution in [0.4, 0.5) is 0 Å². The Hall–Kier alpha value is -1.12. The zero-order valence-electron chi connectivity index (χ0n) is 9.93. The minimum absolute atomic E-state index is 0.0370. The van der Waals surface area contributed by atoms with Gasteiger partial charge in [-0.25, -0.2) is 0 Å². The number of aldehydes is 1. The first-order valence-corrected chi connectivity index (χ1v) is 6.61. The fraction of sp³-hybridized carbons (Fsp3) is 0.714. The van der Waals surface area contributed by atoms with Crippen molar-refractivity contribution in [3.05, 3.63) is 12.2 Å². The smallest absolute Gasteiger partial charge is 0.309 e. The van der Waals surface area contributed by atoms with Crippen molar-refractivity contribution in [2.45, 2.75) is 44.1 Å². The monoisotopic (exact) mass is 234 g/mol. The van der Waals surface area contributed by atoms with Gasteiger partial charge in [-0.15, -0.1) is 0 Å². The van der Waals surface area contributed by atoms with Crippen molar-refractivity contribution in [3.8, 4) is 0 Å². The van der Waals surface area contributed by atoms with E-state index in [9.17, 15) is 9.59 Å². The molecule has 0 saturated heterocycles. The van der Waals surface area contributed by atoms with Gasteiger partial charge in [-0.1, -0.05) is 25.0 Å². The highest BCUT2D eigenvalue weighted by atomic mass is 16.6. The first kappa shape index (κ1) is 11.0. The Labute approximate surface area is 101 Å². The summed E-state index contributed by atoms with van der Waals surface area (Å²) in [5, 5.41) is 0. The van der Waals surface area contributed by atoms with Gasteiger partial charge in [0.25, 0.3) is 0 Å². The van der Waals surface area contributed by atoms with Gasteiger partial charge in [0.15, 0.2) is 11.9 Å². The fourth-order valence-corrected chi connectivity index (χ4v) is 3.56. The van der Waals surface area contributed by atoms with Gasteiger partial charge in [0, 0.05) is 12.3 Å². The van der Waals surface area contributed by atoms with Gasteiger partial charge < -0.3 is 4.74 Å². The summed E-state index contributed by atoms with van der Waals surface area (Å²) in [6.45, 7) is 0. The average molecular weight is 234 g/mol. The van der Waals surface area contributed by atoms with Crippen molar-refractivity contribution in [2.24, 2.45) is 17.8 Å². The number of esters is 1. The molecule has 3 rings (SSSR count). The van der Waals surface area contributed by atoms with E-state index in [4.69, 9.17) is 4.74 Å². The molecule has 0 amide bonds. The van der Waals surface area contributed by atoms with Crippen LogP contribution in [0.2, 0.25) is 0 Å². The van der Waals surface area contributed by atoms with Gasteiger partial charge in [-0.2, -0.15) is 0 Å². The Balaban J connectivity index is 1.72. The zero-order valence-corrected chi connectivity index (χ0v) is 9.93. The molecule has 2 fully saturated rings. The second-order valence-corrected chi connectivity index (χ2v) is 5.67. The maximum Gasteiger partial charge on any atom is 0.309 e. The summed E-state index contributed by atoms with van der Waals surface area (Å²) >= 11 is 0. The third kappa shape index (κ3) is 1.72. The van der Waals surface area contributed by atoms with E-state index in [0.717, 1.165) is 38.4 Å². The molecule has 3 heteroatoms. The van der Waals surface area contributed by atoms with Crippen LogP contribution >= 0.6 is 0 Å². The van der Waals surface area contributed by atoms with E-state index in [0.29, 0.717) is 12.3 Å². The van der Waals surface area contributed by atoms with Crippen LogP contribution in [0.15, 0.2) is 12.2 Å². The SMILES string of the molecule is O=C[C@]1(OC(=O)C2CCCC2)C[C@H]2C=C[C@@H]1C2. The molecule has 0 radical (unpaired) electrons. The number of ether oxygens (including phenoxy) is 1. The molecule has 2 bridgehead atoms. The Morgan fingerprint density at radius 2 is 2.06 bits per heavy atom. The molecule has 2 saturated carbocycles. The first-order valence-electron chi connectivity index (χ1n) is 6.61. The molecule has 17 heavy (non-hydrogen) atoms. The Kier molecular flexibility index (Phi) is 2.57. The van der Waals surface area contributed by atoms with E-state index in [1.807, 2.05) is 6.08 Å². The lowest BCUT2D eigenvalue weighted by atomic mass is 9.89. The van der Waals surface area contributed by atoms with Gasteiger partial charge in [0.2, 0.25) is 0 Å². The molecule has 0 spiro atoms. The summed E-state index contributed by atoms with van der Waals surface area (Å²) in [6, 6.07) is 0. The molecule has 0 aromatic rings. The summed E-state index contributed by atoms with van der Waals surface area (Å²) in [5.74, 6) is 0.447. The highest BCUT2D eigenvalue weighted by molar-refractivity contribution is 5.78. The molecule has 0 N–H and O–H groups in total. The molecule has 3 aliphatic carbocycles. The van der Waals surface area contributed by atoms with E-state index >= 15 is 0 Å². The van der Waals surface area contributed by atoms with Crippen LogP contribution in [0.1, 0.15) is 38.5 Å². The molecule has 3 aliphatic rings.